The van der Waals surface area contributed by atoms with E-state index in [1.165, 1.54) is 0 Å². The van der Waals surface area contributed by atoms with Crippen molar-refractivity contribution in [3.8, 4) is 0 Å². The summed E-state index contributed by atoms with van der Waals surface area (Å²) in [4.78, 5) is 16.7. The second-order valence-corrected chi connectivity index (χ2v) is 5.50. The zero-order valence-corrected chi connectivity index (χ0v) is 13.2. The Bertz CT molecular complexity index is 906. The number of hydrazone groups is 1. The van der Waals surface area contributed by atoms with Gasteiger partial charge in [0.05, 0.1) is 23.0 Å². The summed E-state index contributed by atoms with van der Waals surface area (Å²) in [6.07, 6.45) is 1.55. The number of carbonyl (C=O) groups excluding carboxylic acids is 1. The Balaban J connectivity index is 1.79. The molecule has 0 aliphatic carbocycles. The maximum atomic E-state index is 12.3. The van der Waals surface area contributed by atoms with Gasteiger partial charge in [-0.2, -0.15) is 5.10 Å². The van der Waals surface area contributed by atoms with Gasteiger partial charge in [0.2, 0.25) is 0 Å². The molecule has 0 bridgehead atoms. The lowest BCUT2D eigenvalue weighted by Crippen LogP contribution is -2.19. The molecule has 0 saturated heterocycles. The number of nitrogens with one attached hydrogen (secondary N) is 1. The first-order valence-corrected chi connectivity index (χ1v) is 7.46. The van der Waals surface area contributed by atoms with Gasteiger partial charge in [-0.05, 0) is 36.8 Å². The van der Waals surface area contributed by atoms with E-state index < -0.39 is 0 Å². The van der Waals surface area contributed by atoms with Crippen molar-refractivity contribution < 1.29 is 4.79 Å². The van der Waals surface area contributed by atoms with Crippen LogP contribution in [0.4, 0.5) is 0 Å². The molecule has 114 valence electrons. The standard InChI is InChI=1S/C18H14ClN3O/c1-12-16(10-14-6-2-3-8-17(14)21-12)18(23)22-20-11-13-5-4-7-15(19)9-13/h2-11H,1H3,(H,22,23)/b20-11-. The van der Waals surface area contributed by atoms with Crippen LogP contribution in [0, 0.1) is 6.92 Å². The molecule has 1 N–H and O–H groups in total. The third-order valence-corrected chi connectivity index (χ3v) is 3.62. The number of hydrogen-bond donors (Lipinski definition) is 1. The van der Waals surface area contributed by atoms with Crippen LogP contribution in [0.5, 0.6) is 0 Å². The van der Waals surface area contributed by atoms with E-state index in [-0.39, 0.29) is 5.91 Å². The van der Waals surface area contributed by atoms with Crippen molar-refractivity contribution in [2.45, 2.75) is 6.92 Å². The Morgan fingerprint density at radius 2 is 2.00 bits per heavy atom. The molecule has 1 amide bonds. The number of carbonyl (C=O) groups is 1. The molecule has 0 unspecified atom stereocenters. The molecule has 0 aliphatic heterocycles. The Morgan fingerprint density at radius 3 is 2.83 bits per heavy atom. The number of aryl methyl sites for hydroxylation is 1. The lowest BCUT2D eigenvalue weighted by atomic mass is 10.1. The number of fused-ring (bicyclic) bond motifs is 1. The van der Waals surface area contributed by atoms with Gasteiger partial charge in [-0.15, -0.1) is 0 Å². The van der Waals surface area contributed by atoms with E-state index in [1.54, 1.807) is 18.3 Å². The zero-order valence-electron chi connectivity index (χ0n) is 12.5. The summed E-state index contributed by atoms with van der Waals surface area (Å²) in [7, 11) is 0. The molecule has 0 radical (unpaired) electrons. The van der Waals surface area contributed by atoms with Gasteiger partial charge in [0.1, 0.15) is 0 Å². The number of amides is 1. The Labute approximate surface area is 138 Å². The smallest absolute Gasteiger partial charge is 0.267 e. The van der Waals surface area contributed by atoms with Gasteiger partial charge in [-0.3, -0.25) is 9.78 Å². The van der Waals surface area contributed by atoms with Crippen LogP contribution >= 0.6 is 11.6 Å². The van der Waals surface area contributed by atoms with E-state index in [2.05, 4.69) is 15.5 Å². The largest absolute Gasteiger partial charge is 0.273 e. The highest BCUT2D eigenvalue weighted by Gasteiger charge is 2.10. The molecule has 0 atom stereocenters. The van der Waals surface area contributed by atoms with E-state index in [4.69, 9.17) is 11.6 Å². The maximum absolute atomic E-state index is 12.3. The van der Waals surface area contributed by atoms with Crippen LogP contribution in [0.2, 0.25) is 5.02 Å². The molecule has 3 rings (SSSR count). The molecule has 1 heterocycles. The summed E-state index contributed by atoms with van der Waals surface area (Å²) in [5.41, 5.74) is 5.37. The van der Waals surface area contributed by atoms with Crippen molar-refractivity contribution in [3.05, 3.63) is 76.4 Å². The fraction of sp³-hybridized carbons (Fsp3) is 0.0556. The molecule has 3 aromatic rings. The van der Waals surface area contributed by atoms with Crippen molar-refractivity contribution in [1.29, 1.82) is 0 Å². The third kappa shape index (κ3) is 3.55. The SMILES string of the molecule is Cc1nc2ccccc2cc1C(=O)N/N=C\c1cccc(Cl)c1. The number of pyridine rings is 1. The van der Waals surface area contributed by atoms with E-state index in [9.17, 15) is 4.79 Å². The predicted molar refractivity (Wildman–Crippen MR) is 93.0 cm³/mol. The lowest BCUT2D eigenvalue weighted by molar-refractivity contribution is 0.0954. The summed E-state index contributed by atoms with van der Waals surface area (Å²) in [6, 6.07) is 16.7. The molecular weight excluding hydrogens is 310 g/mol. The van der Waals surface area contributed by atoms with Gasteiger partial charge in [-0.25, -0.2) is 5.43 Å². The molecule has 0 fully saturated rings. The van der Waals surface area contributed by atoms with Gasteiger partial charge < -0.3 is 0 Å². The molecule has 4 nitrogen and oxygen atoms in total. The summed E-state index contributed by atoms with van der Waals surface area (Å²) in [5.74, 6) is -0.293. The van der Waals surface area contributed by atoms with Gasteiger partial charge in [0.15, 0.2) is 0 Å². The average molecular weight is 324 g/mol. The van der Waals surface area contributed by atoms with E-state index in [1.807, 2.05) is 49.4 Å². The first-order chi connectivity index (χ1) is 11.1. The number of halogens is 1. The van der Waals surface area contributed by atoms with Crippen LogP contribution in [-0.2, 0) is 0 Å². The minimum Gasteiger partial charge on any atom is -0.267 e. The highest BCUT2D eigenvalue weighted by Crippen LogP contribution is 2.16. The zero-order chi connectivity index (χ0) is 16.2. The van der Waals surface area contributed by atoms with Crippen LogP contribution in [0.1, 0.15) is 21.6 Å². The fourth-order valence-corrected chi connectivity index (χ4v) is 2.45. The maximum Gasteiger partial charge on any atom is 0.273 e. The molecule has 23 heavy (non-hydrogen) atoms. The molecule has 0 spiro atoms. The van der Waals surface area contributed by atoms with Crippen LogP contribution in [0.15, 0.2) is 59.7 Å². The summed E-state index contributed by atoms with van der Waals surface area (Å²) < 4.78 is 0. The van der Waals surface area contributed by atoms with Crippen molar-refractivity contribution in [2.24, 2.45) is 5.10 Å². The van der Waals surface area contributed by atoms with E-state index in [0.29, 0.717) is 16.3 Å². The van der Waals surface area contributed by atoms with Gasteiger partial charge in [0.25, 0.3) is 5.91 Å². The number of rotatable bonds is 3. The quantitative estimate of drug-likeness (QED) is 0.586. The number of para-hydroxylation sites is 1. The second kappa shape index (κ2) is 6.58. The number of aromatic nitrogens is 1. The van der Waals surface area contributed by atoms with Crippen LogP contribution in [0.25, 0.3) is 10.9 Å². The number of hydrogen-bond acceptors (Lipinski definition) is 3. The summed E-state index contributed by atoms with van der Waals surface area (Å²) in [5, 5.41) is 5.51. The first kappa shape index (κ1) is 15.2. The van der Waals surface area contributed by atoms with E-state index in [0.717, 1.165) is 16.5 Å². The Kier molecular flexibility index (Phi) is 4.35. The molecule has 2 aromatic carbocycles. The monoisotopic (exact) mass is 323 g/mol. The fourth-order valence-electron chi connectivity index (χ4n) is 2.25. The Hall–Kier alpha value is -2.72. The van der Waals surface area contributed by atoms with Crippen LogP contribution in [0.3, 0.4) is 0 Å². The number of nitrogens with zero attached hydrogens (tertiary/aromatic N) is 2. The molecule has 0 saturated carbocycles. The molecule has 1 aromatic heterocycles. The minimum absolute atomic E-state index is 0.293. The van der Waals surface area contributed by atoms with Gasteiger partial charge in [0, 0.05) is 10.4 Å². The summed E-state index contributed by atoms with van der Waals surface area (Å²) >= 11 is 5.90. The molecular formula is C18H14ClN3O. The van der Waals surface area contributed by atoms with E-state index >= 15 is 0 Å². The Morgan fingerprint density at radius 1 is 1.17 bits per heavy atom. The van der Waals surface area contributed by atoms with Crippen LogP contribution < -0.4 is 5.43 Å². The lowest BCUT2D eigenvalue weighted by Gasteiger charge is -2.06. The van der Waals surface area contributed by atoms with Gasteiger partial charge in [-0.1, -0.05) is 41.9 Å². The molecule has 0 aliphatic rings. The van der Waals surface area contributed by atoms with Crippen molar-refractivity contribution in [3.63, 3.8) is 0 Å². The van der Waals surface area contributed by atoms with Gasteiger partial charge >= 0.3 is 0 Å². The highest BCUT2D eigenvalue weighted by molar-refractivity contribution is 6.30. The minimum atomic E-state index is -0.293. The average Bonchev–Trinajstić information content (AvgIpc) is 2.54. The summed E-state index contributed by atoms with van der Waals surface area (Å²) in [6.45, 7) is 1.81. The predicted octanol–water partition coefficient (Wildman–Crippen LogP) is 3.96. The van der Waals surface area contributed by atoms with Crippen LogP contribution in [-0.4, -0.2) is 17.1 Å². The van der Waals surface area contributed by atoms with Crippen molar-refractivity contribution in [2.75, 3.05) is 0 Å². The third-order valence-electron chi connectivity index (χ3n) is 3.39. The topological polar surface area (TPSA) is 54.4 Å². The van der Waals surface area contributed by atoms with Crippen molar-refractivity contribution in [1.82, 2.24) is 10.4 Å². The van der Waals surface area contributed by atoms with Crippen molar-refractivity contribution >= 4 is 34.6 Å². The number of benzene rings is 2. The first-order valence-electron chi connectivity index (χ1n) is 7.09. The second-order valence-electron chi connectivity index (χ2n) is 5.07. The molecule has 5 heteroatoms. The normalized spacial score (nSPS) is 11.0. The highest BCUT2D eigenvalue weighted by atomic mass is 35.5.